The molecule has 2 aromatic carbocycles. The maximum Gasteiger partial charge on any atom is 0.167 e. The van der Waals surface area contributed by atoms with E-state index in [0.29, 0.717) is 10.6 Å². The van der Waals surface area contributed by atoms with Gasteiger partial charge < -0.3 is 0 Å². The van der Waals surface area contributed by atoms with Gasteiger partial charge in [-0.2, -0.15) is 0 Å². The van der Waals surface area contributed by atoms with Crippen LogP contribution in [-0.2, 0) is 6.42 Å². The molecule has 18 heavy (non-hydrogen) atoms. The number of ketones is 1. The fraction of sp³-hybridized carbons (Fsp3) is 0.0714. The van der Waals surface area contributed by atoms with Crippen LogP contribution in [0, 0.1) is 5.82 Å². The number of carbonyl (C=O) groups is 1. The maximum absolute atomic E-state index is 13.6. The number of hydrogen-bond acceptors (Lipinski definition) is 1. The van der Waals surface area contributed by atoms with Crippen LogP contribution in [0.2, 0.25) is 10.0 Å². The van der Waals surface area contributed by atoms with E-state index >= 15 is 0 Å². The second-order valence-corrected chi connectivity index (χ2v) is 4.67. The van der Waals surface area contributed by atoms with Crippen molar-refractivity contribution < 1.29 is 9.18 Å². The normalized spacial score (nSPS) is 10.4. The third kappa shape index (κ3) is 2.89. The van der Waals surface area contributed by atoms with Crippen LogP contribution in [0.3, 0.4) is 0 Å². The number of Topliss-reactive ketones (excluding diaryl/α,β-unsaturated/α-hetero) is 1. The van der Waals surface area contributed by atoms with Crippen LogP contribution >= 0.6 is 23.2 Å². The van der Waals surface area contributed by atoms with E-state index in [1.807, 2.05) is 0 Å². The summed E-state index contributed by atoms with van der Waals surface area (Å²) in [5.74, 6) is -0.742. The van der Waals surface area contributed by atoms with Crippen molar-refractivity contribution in [2.45, 2.75) is 6.42 Å². The first-order valence-electron chi connectivity index (χ1n) is 5.29. The van der Waals surface area contributed by atoms with Gasteiger partial charge in [-0.05, 0) is 23.8 Å². The molecule has 0 amide bonds. The van der Waals surface area contributed by atoms with Crippen molar-refractivity contribution in [3.05, 3.63) is 69.5 Å². The SMILES string of the molecule is O=C(Cc1cccc(Cl)c1F)c1cccc(Cl)c1. The topological polar surface area (TPSA) is 17.1 Å². The minimum absolute atomic E-state index is 0.0198. The summed E-state index contributed by atoms with van der Waals surface area (Å²) >= 11 is 11.5. The lowest BCUT2D eigenvalue weighted by molar-refractivity contribution is 0.0992. The molecule has 0 heterocycles. The van der Waals surface area contributed by atoms with Gasteiger partial charge in [0, 0.05) is 17.0 Å². The second-order valence-electron chi connectivity index (χ2n) is 3.82. The number of carbonyl (C=O) groups excluding carboxylic acids is 1. The first-order chi connectivity index (χ1) is 8.58. The smallest absolute Gasteiger partial charge is 0.167 e. The first-order valence-corrected chi connectivity index (χ1v) is 6.05. The van der Waals surface area contributed by atoms with E-state index in [9.17, 15) is 9.18 Å². The van der Waals surface area contributed by atoms with E-state index in [1.165, 1.54) is 6.07 Å². The van der Waals surface area contributed by atoms with Crippen molar-refractivity contribution in [1.82, 2.24) is 0 Å². The average Bonchev–Trinajstić information content (AvgIpc) is 2.35. The van der Waals surface area contributed by atoms with Gasteiger partial charge in [0.05, 0.1) is 5.02 Å². The van der Waals surface area contributed by atoms with E-state index in [0.717, 1.165) is 0 Å². The van der Waals surface area contributed by atoms with E-state index < -0.39 is 5.82 Å². The molecule has 0 spiro atoms. The summed E-state index contributed by atoms with van der Waals surface area (Å²) in [7, 11) is 0. The number of rotatable bonds is 3. The molecule has 1 nitrogen and oxygen atoms in total. The van der Waals surface area contributed by atoms with Crippen molar-refractivity contribution in [1.29, 1.82) is 0 Å². The summed E-state index contributed by atoms with van der Waals surface area (Å²) in [6.07, 6.45) is -0.0350. The van der Waals surface area contributed by atoms with Crippen molar-refractivity contribution >= 4 is 29.0 Å². The van der Waals surface area contributed by atoms with E-state index in [-0.39, 0.29) is 22.8 Å². The number of benzene rings is 2. The third-order valence-corrected chi connectivity index (χ3v) is 3.06. The van der Waals surface area contributed by atoms with Crippen LogP contribution in [0.1, 0.15) is 15.9 Å². The van der Waals surface area contributed by atoms with Crippen LogP contribution in [0.15, 0.2) is 42.5 Å². The molecule has 0 aromatic heterocycles. The Morgan fingerprint density at radius 2 is 1.83 bits per heavy atom. The van der Waals surface area contributed by atoms with E-state index in [1.54, 1.807) is 36.4 Å². The van der Waals surface area contributed by atoms with Gasteiger partial charge in [0.25, 0.3) is 0 Å². The standard InChI is InChI=1S/C14H9Cl2FO/c15-11-5-1-3-9(7-11)13(18)8-10-4-2-6-12(16)14(10)17/h1-7H,8H2. The van der Waals surface area contributed by atoms with Gasteiger partial charge in [0.1, 0.15) is 5.82 Å². The van der Waals surface area contributed by atoms with Gasteiger partial charge in [-0.3, -0.25) is 4.79 Å². The van der Waals surface area contributed by atoms with E-state index in [2.05, 4.69) is 0 Å². The Hall–Kier alpha value is -1.38. The van der Waals surface area contributed by atoms with Crippen LogP contribution in [0.25, 0.3) is 0 Å². The first kappa shape index (κ1) is 13.1. The zero-order chi connectivity index (χ0) is 13.1. The second kappa shape index (κ2) is 5.51. The summed E-state index contributed by atoms with van der Waals surface area (Å²) in [6, 6.07) is 11.2. The van der Waals surface area contributed by atoms with Crippen LogP contribution < -0.4 is 0 Å². The summed E-state index contributed by atoms with van der Waals surface area (Å²) in [4.78, 5) is 12.0. The minimum atomic E-state index is -0.547. The number of hydrogen-bond donors (Lipinski definition) is 0. The quantitative estimate of drug-likeness (QED) is 0.755. The van der Waals surface area contributed by atoms with Crippen LogP contribution in [0.5, 0.6) is 0 Å². The lowest BCUT2D eigenvalue weighted by Gasteiger charge is -2.04. The van der Waals surface area contributed by atoms with Gasteiger partial charge in [-0.15, -0.1) is 0 Å². The summed E-state index contributed by atoms with van der Waals surface area (Å²) in [5.41, 5.74) is 0.745. The molecule has 0 radical (unpaired) electrons. The molecule has 0 aliphatic heterocycles. The van der Waals surface area contributed by atoms with Gasteiger partial charge in [0.2, 0.25) is 0 Å². The predicted molar refractivity (Wildman–Crippen MR) is 70.9 cm³/mol. The highest BCUT2D eigenvalue weighted by atomic mass is 35.5. The fourth-order valence-electron chi connectivity index (χ4n) is 1.62. The maximum atomic E-state index is 13.6. The minimum Gasteiger partial charge on any atom is -0.294 e. The Balaban J connectivity index is 2.24. The molecule has 0 aliphatic rings. The Labute approximate surface area is 114 Å². The third-order valence-electron chi connectivity index (χ3n) is 2.53. The van der Waals surface area contributed by atoms with Crippen molar-refractivity contribution in [3.8, 4) is 0 Å². The molecule has 4 heteroatoms. The summed E-state index contributed by atoms with van der Waals surface area (Å²) in [5, 5.41) is 0.499. The molecule has 2 aromatic rings. The molecule has 0 unspecified atom stereocenters. The van der Waals surface area contributed by atoms with Gasteiger partial charge in [-0.25, -0.2) is 4.39 Å². The molecule has 0 fully saturated rings. The van der Waals surface area contributed by atoms with Gasteiger partial charge >= 0.3 is 0 Å². The van der Waals surface area contributed by atoms with E-state index in [4.69, 9.17) is 23.2 Å². The molecule has 0 saturated heterocycles. The van der Waals surface area contributed by atoms with Crippen molar-refractivity contribution in [2.75, 3.05) is 0 Å². The molecule has 0 atom stereocenters. The zero-order valence-corrected chi connectivity index (χ0v) is 10.8. The molecule has 0 bridgehead atoms. The van der Waals surface area contributed by atoms with Crippen molar-refractivity contribution in [2.24, 2.45) is 0 Å². The largest absolute Gasteiger partial charge is 0.294 e. The number of halogens is 3. The van der Waals surface area contributed by atoms with Gasteiger partial charge in [-0.1, -0.05) is 47.5 Å². The summed E-state index contributed by atoms with van der Waals surface area (Å²) in [6.45, 7) is 0. The Morgan fingerprint density at radius 1 is 1.11 bits per heavy atom. The zero-order valence-electron chi connectivity index (χ0n) is 9.29. The molecule has 92 valence electrons. The Kier molecular flexibility index (Phi) is 4.00. The predicted octanol–water partition coefficient (Wildman–Crippen LogP) is 4.56. The average molecular weight is 283 g/mol. The van der Waals surface area contributed by atoms with Crippen LogP contribution in [0.4, 0.5) is 4.39 Å². The molecular weight excluding hydrogens is 274 g/mol. The monoisotopic (exact) mass is 282 g/mol. The molecule has 0 saturated carbocycles. The van der Waals surface area contributed by atoms with Crippen molar-refractivity contribution in [3.63, 3.8) is 0 Å². The molecule has 2 rings (SSSR count). The Morgan fingerprint density at radius 3 is 2.56 bits per heavy atom. The lowest BCUT2D eigenvalue weighted by atomic mass is 10.0. The molecule has 0 N–H and O–H groups in total. The summed E-state index contributed by atoms with van der Waals surface area (Å²) < 4.78 is 13.6. The highest BCUT2D eigenvalue weighted by Gasteiger charge is 2.12. The highest BCUT2D eigenvalue weighted by Crippen LogP contribution is 2.20. The lowest BCUT2D eigenvalue weighted by Crippen LogP contribution is -2.05. The molecule has 0 aliphatic carbocycles. The molecular formula is C14H9Cl2FO. The Bertz CT molecular complexity index is 596. The highest BCUT2D eigenvalue weighted by molar-refractivity contribution is 6.31. The van der Waals surface area contributed by atoms with Crippen LogP contribution in [-0.4, -0.2) is 5.78 Å². The fourth-order valence-corrected chi connectivity index (χ4v) is 2.01. The van der Waals surface area contributed by atoms with Gasteiger partial charge in [0.15, 0.2) is 5.78 Å².